The van der Waals surface area contributed by atoms with E-state index in [0.29, 0.717) is 18.9 Å². The van der Waals surface area contributed by atoms with Crippen molar-refractivity contribution in [3.63, 3.8) is 0 Å². The summed E-state index contributed by atoms with van der Waals surface area (Å²) < 4.78 is 20.6. The van der Waals surface area contributed by atoms with Gasteiger partial charge in [0.25, 0.3) is 0 Å². The predicted octanol–water partition coefficient (Wildman–Crippen LogP) is 4.34. The Balaban J connectivity index is 1.78. The molecule has 0 bridgehead atoms. The van der Waals surface area contributed by atoms with E-state index in [0.717, 1.165) is 11.1 Å². The Morgan fingerprint density at radius 3 is 2.90 bits per heavy atom. The number of rotatable bonds is 5. The van der Waals surface area contributed by atoms with Gasteiger partial charge in [0.05, 0.1) is 0 Å². The number of hydrogen-bond acceptors (Lipinski definition) is 3. The van der Waals surface area contributed by atoms with Crippen molar-refractivity contribution < 1.29 is 9.13 Å². The van der Waals surface area contributed by atoms with Gasteiger partial charge < -0.3 is 10.1 Å². The van der Waals surface area contributed by atoms with E-state index in [2.05, 4.69) is 22.8 Å². The normalized spacial score (nSPS) is 11.0. The van der Waals surface area contributed by atoms with E-state index in [-0.39, 0.29) is 5.82 Å². The molecule has 0 amide bonds. The summed E-state index contributed by atoms with van der Waals surface area (Å²) >= 11 is 1.70. The van der Waals surface area contributed by atoms with Crippen LogP contribution in [0.1, 0.15) is 11.1 Å². The molecule has 2 aromatic carbocycles. The maximum atomic E-state index is 13.6. The van der Waals surface area contributed by atoms with Gasteiger partial charge in [-0.15, -0.1) is 11.3 Å². The molecule has 1 N–H and O–H groups in total. The topological polar surface area (TPSA) is 21.3 Å². The molecule has 0 saturated heterocycles. The first kappa shape index (κ1) is 14.0. The van der Waals surface area contributed by atoms with Crippen molar-refractivity contribution in [3.05, 3.63) is 64.8 Å². The van der Waals surface area contributed by atoms with Crippen LogP contribution in [0.15, 0.2) is 47.8 Å². The van der Waals surface area contributed by atoms with Gasteiger partial charge in [0, 0.05) is 22.9 Å². The molecule has 0 saturated carbocycles. The summed E-state index contributed by atoms with van der Waals surface area (Å²) in [6, 6.07) is 13.0. The van der Waals surface area contributed by atoms with Crippen LogP contribution in [0.4, 0.5) is 4.39 Å². The number of halogens is 1. The lowest BCUT2D eigenvalue weighted by Crippen LogP contribution is -2.05. The third-order valence-electron chi connectivity index (χ3n) is 3.27. The molecule has 0 radical (unpaired) electrons. The summed E-state index contributed by atoms with van der Waals surface area (Å²) in [5.41, 5.74) is 2.01. The van der Waals surface area contributed by atoms with Crippen molar-refractivity contribution in [2.45, 2.75) is 13.2 Å². The van der Waals surface area contributed by atoms with Crippen LogP contribution in [0.3, 0.4) is 0 Å². The molecule has 3 rings (SSSR count). The van der Waals surface area contributed by atoms with Crippen LogP contribution in [0.5, 0.6) is 5.75 Å². The average Bonchev–Trinajstić information content (AvgIpc) is 2.88. The maximum Gasteiger partial charge on any atom is 0.127 e. The third-order valence-corrected chi connectivity index (χ3v) is 4.28. The number of fused-ring (bicyclic) bond motifs is 1. The van der Waals surface area contributed by atoms with Gasteiger partial charge in [-0.3, -0.25) is 0 Å². The van der Waals surface area contributed by atoms with Crippen molar-refractivity contribution in [3.8, 4) is 5.75 Å². The Morgan fingerprint density at radius 2 is 2.05 bits per heavy atom. The average molecular weight is 301 g/mol. The Bertz CT molecular complexity index is 753. The van der Waals surface area contributed by atoms with Gasteiger partial charge in [0.1, 0.15) is 18.2 Å². The van der Waals surface area contributed by atoms with Crippen LogP contribution in [0.25, 0.3) is 10.1 Å². The van der Waals surface area contributed by atoms with E-state index in [4.69, 9.17) is 4.74 Å². The van der Waals surface area contributed by atoms with Gasteiger partial charge >= 0.3 is 0 Å². The summed E-state index contributed by atoms with van der Waals surface area (Å²) in [5, 5.41) is 6.31. The van der Waals surface area contributed by atoms with Crippen molar-refractivity contribution in [2.75, 3.05) is 7.05 Å². The molecule has 0 fully saturated rings. The number of ether oxygens (including phenoxy) is 1. The largest absolute Gasteiger partial charge is 0.489 e. The van der Waals surface area contributed by atoms with E-state index < -0.39 is 0 Å². The molecule has 1 aromatic heterocycles. The van der Waals surface area contributed by atoms with E-state index in [1.54, 1.807) is 11.3 Å². The lowest BCUT2D eigenvalue weighted by Gasteiger charge is -2.08. The minimum Gasteiger partial charge on any atom is -0.489 e. The van der Waals surface area contributed by atoms with Gasteiger partial charge in [-0.1, -0.05) is 18.2 Å². The Kier molecular flexibility index (Phi) is 4.18. The standard InChI is InChI=1S/C17H16FNOS/c1-19-9-12-6-14(18)8-15(7-12)20-10-13-11-21-17-5-3-2-4-16(13)17/h2-8,11,19H,9-10H2,1H3. The van der Waals surface area contributed by atoms with E-state index in [1.165, 1.54) is 22.2 Å². The van der Waals surface area contributed by atoms with Crippen molar-refractivity contribution >= 4 is 21.4 Å². The fraction of sp³-hybridized carbons (Fsp3) is 0.176. The van der Waals surface area contributed by atoms with Gasteiger partial charge in [-0.25, -0.2) is 4.39 Å². The summed E-state index contributed by atoms with van der Waals surface area (Å²) in [6.07, 6.45) is 0. The second kappa shape index (κ2) is 6.24. The molecule has 4 heteroatoms. The first-order valence-corrected chi connectivity index (χ1v) is 7.66. The summed E-state index contributed by atoms with van der Waals surface area (Å²) in [6.45, 7) is 1.07. The molecule has 108 valence electrons. The minimum absolute atomic E-state index is 0.270. The lowest BCUT2D eigenvalue weighted by atomic mass is 10.2. The second-order valence-electron chi connectivity index (χ2n) is 4.87. The van der Waals surface area contributed by atoms with Crippen molar-refractivity contribution in [2.24, 2.45) is 0 Å². The fourth-order valence-corrected chi connectivity index (χ4v) is 3.26. The zero-order valence-electron chi connectivity index (χ0n) is 11.7. The molecule has 0 spiro atoms. The number of hydrogen-bond donors (Lipinski definition) is 1. The number of thiophene rings is 1. The molecule has 21 heavy (non-hydrogen) atoms. The number of benzene rings is 2. The number of nitrogens with one attached hydrogen (secondary N) is 1. The molecule has 0 atom stereocenters. The fourth-order valence-electron chi connectivity index (χ4n) is 2.32. The lowest BCUT2D eigenvalue weighted by molar-refractivity contribution is 0.306. The zero-order chi connectivity index (χ0) is 14.7. The maximum absolute atomic E-state index is 13.6. The van der Waals surface area contributed by atoms with Crippen LogP contribution in [0.2, 0.25) is 0 Å². The monoisotopic (exact) mass is 301 g/mol. The van der Waals surface area contributed by atoms with Crippen LogP contribution in [0, 0.1) is 5.82 Å². The van der Waals surface area contributed by atoms with Crippen LogP contribution in [-0.2, 0) is 13.2 Å². The molecular formula is C17H16FNOS. The van der Waals surface area contributed by atoms with Crippen LogP contribution >= 0.6 is 11.3 Å². The molecular weight excluding hydrogens is 285 g/mol. The van der Waals surface area contributed by atoms with Crippen molar-refractivity contribution in [1.82, 2.24) is 5.32 Å². The third kappa shape index (κ3) is 3.23. The first-order valence-electron chi connectivity index (χ1n) is 6.78. The molecule has 2 nitrogen and oxygen atoms in total. The molecule has 0 unspecified atom stereocenters. The Hall–Kier alpha value is -1.91. The van der Waals surface area contributed by atoms with Gasteiger partial charge in [0.15, 0.2) is 0 Å². The quantitative estimate of drug-likeness (QED) is 0.757. The highest BCUT2D eigenvalue weighted by molar-refractivity contribution is 7.17. The van der Waals surface area contributed by atoms with Gasteiger partial charge in [-0.2, -0.15) is 0 Å². The summed E-state index contributed by atoms with van der Waals surface area (Å²) in [4.78, 5) is 0. The first-order chi connectivity index (χ1) is 10.3. The Morgan fingerprint density at radius 1 is 1.19 bits per heavy atom. The molecule has 0 aliphatic carbocycles. The second-order valence-corrected chi connectivity index (χ2v) is 5.78. The van der Waals surface area contributed by atoms with Gasteiger partial charge in [0.2, 0.25) is 0 Å². The molecule has 3 aromatic rings. The molecule has 0 aliphatic rings. The molecule has 0 aliphatic heterocycles. The highest BCUT2D eigenvalue weighted by atomic mass is 32.1. The highest BCUT2D eigenvalue weighted by Gasteiger charge is 2.06. The zero-order valence-corrected chi connectivity index (χ0v) is 12.5. The minimum atomic E-state index is -0.270. The smallest absolute Gasteiger partial charge is 0.127 e. The predicted molar refractivity (Wildman–Crippen MR) is 85.3 cm³/mol. The summed E-state index contributed by atoms with van der Waals surface area (Å²) in [5.74, 6) is 0.295. The van der Waals surface area contributed by atoms with Gasteiger partial charge in [-0.05, 0) is 41.6 Å². The van der Waals surface area contributed by atoms with E-state index in [9.17, 15) is 4.39 Å². The van der Waals surface area contributed by atoms with Crippen LogP contribution < -0.4 is 10.1 Å². The highest BCUT2D eigenvalue weighted by Crippen LogP contribution is 2.27. The van der Waals surface area contributed by atoms with E-state index in [1.807, 2.05) is 25.2 Å². The Labute approximate surface area is 127 Å². The van der Waals surface area contributed by atoms with Crippen LogP contribution in [-0.4, -0.2) is 7.05 Å². The molecule has 1 heterocycles. The SMILES string of the molecule is CNCc1cc(F)cc(OCc2csc3ccccc23)c1. The van der Waals surface area contributed by atoms with E-state index >= 15 is 0 Å². The van der Waals surface area contributed by atoms with Crippen molar-refractivity contribution in [1.29, 1.82) is 0 Å². The summed E-state index contributed by atoms with van der Waals surface area (Å²) in [7, 11) is 1.84.